The Labute approximate surface area is 238 Å². The molecule has 0 N–H and O–H groups in total. The molecule has 40 heavy (non-hydrogen) atoms. The number of methoxy groups -OCH3 is 5. The maximum absolute atomic E-state index is 13.5. The predicted octanol–water partition coefficient (Wildman–Crippen LogP) is 6.41. The minimum atomic E-state index is -0.173. The van der Waals surface area contributed by atoms with Crippen LogP contribution in [0.3, 0.4) is 0 Å². The molecule has 2 rings (SSSR count). The van der Waals surface area contributed by atoms with Gasteiger partial charge >= 0.3 is 0 Å². The monoisotopic (exact) mass is 558 g/mol. The van der Waals surface area contributed by atoms with Crippen LogP contribution in [0.15, 0.2) is 51.2 Å². The molecule has 8 nitrogen and oxygen atoms in total. The lowest BCUT2D eigenvalue weighted by Crippen LogP contribution is -2.36. The molecule has 0 aliphatic rings. The summed E-state index contributed by atoms with van der Waals surface area (Å²) in [6.45, 7) is 10.1. The Balaban J connectivity index is 2.36. The number of hydrogen-bond acceptors (Lipinski definition) is 8. The predicted molar refractivity (Wildman–Crippen MR) is 159 cm³/mol. The van der Waals surface area contributed by atoms with Gasteiger partial charge in [0.15, 0.2) is 23.6 Å². The van der Waals surface area contributed by atoms with Crippen LogP contribution in [0.2, 0.25) is 0 Å². The van der Waals surface area contributed by atoms with Gasteiger partial charge in [0.2, 0.25) is 5.75 Å². The van der Waals surface area contributed by atoms with Crippen LogP contribution < -0.4 is 19.6 Å². The number of ether oxygens (including phenoxy) is 6. The third-order valence-corrected chi connectivity index (χ3v) is 7.33. The largest absolute Gasteiger partial charge is 0.496 e. The van der Waals surface area contributed by atoms with Gasteiger partial charge in [0.25, 0.3) is 0 Å². The average Bonchev–Trinajstić information content (AvgIpc) is 2.96. The molecular formula is C32H46O8. The number of allylic oxidation sites excluding steroid dienone is 5. The van der Waals surface area contributed by atoms with Crippen molar-refractivity contribution in [1.82, 2.24) is 0 Å². The summed E-state index contributed by atoms with van der Waals surface area (Å²) in [6, 6.07) is 1.62. The van der Waals surface area contributed by atoms with E-state index in [0.717, 1.165) is 6.42 Å². The van der Waals surface area contributed by atoms with E-state index in [0.29, 0.717) is 40.4 Å². The van der Waals surface area contributed by atoms with E-state index in [1.165, 1.54) is 26.9 Å². The van der Waals surface area contributed by atoms with Gasteiger partial charge in [-0.05, 0) is 33.1 Å². The van der Waals surface area contributed by atoms with Crippen molar-refractivity contribution < 1.29 is 32.8 Å². The SMILES string of the molecule is C/C=C(C)/C=C/C=C/[C@H](OC)[C@@H](C)[C@@H](OC)[C@@H](C)CCc1oc2c(OCOC)c(OC)cc(OC)c2c(=O)c1C. The molecule has 0 saturated carbocycles. The Morgan fingerprint density at radius 3 is 2.30 bits per heavy atom. The van der Waals surface area contributed by atoms with Crippen molar-refractivity contribution in [3.05, 3.63) is 63.6 Å². The lowest BCUT2D eigenvalue weighted by atomic mass is 9.85. The molecule has 0 bridgehead atoms. The first-order valence-corrected chi connectivity index (χ1v) is 13.5. The molecular weight excluding hydrogens is 512 g/mol. The molecule has 0 saturated heterocycles. The third-order valence-electron chi connectivity index (χ3n) is 7.33. The van der Waals surface area contributed by atoms with Crippen LogP contribution in [-0.4, -0.2) is 54.5 Å². The van der Waals surface area contributed by atoms with E-state index < -0.39 is 0 Å². The second kappa shape index (κ2) is 16.3. The number of hydrogen-bond donors (Lipinski definition) is 0. The highest BCUT2D eigenvalue weighted by Gasteiger charge is 2.29. The van der Waals surface area contributed by atoms with Crippen molar-refractivity contribution >= 4 is 11.0 Å². The van der Waals surface area contributed by atoms with Crippen molar-refractivity contribution in [3.8, 4) is 17.2 Å². The van der Waals surface area contributed by atoms with Gasteiger partial charge in [0.1, 0.15) is 16.9 Å². The molecule has 0 amide bonds. The Morgan fingerprint density at radius 2 is 1.73 bits per heavy atom. The van der Waals surface area contributed by atoms with E-state index in [4.69, 9.17) is 32.8 Å². The summed E-state index contributed by atoms with van der Waals surface area (Å²) in [5.74, 6) is 1.85. The maximum Gasteiger partial charge on any atom is 0.207 e. The fourth-order valence-corrected chi connectivity index (χ4v) is 4.85. The van der Waals surface area contributed by atoms with Crippen LogP contribution in [-0.2, 0) is 20.6 Å². The topological polar surface area (TPSA) is 85.6 Å². The van der Waals surface area contributed by atoms with E-state index >= 15 is 0 Å². The third kappa shape index (κ3) is 7.99. The smallest absolute Gasteiger partial charge is 0.207 e. The number of fused-ring (bicyclic) bond motifs is 1. The fourth-order valence-electron chi connectivity index (χ4n) is 4.85. The molecule has 2 aromatic rings. The first-order valence-electron chi connectivity index (χ1n) is 13.5. The minimum absolute atomic E-state index is 0.0328. The van der Waals surface area contributed by atoms with Crippen LogP contribution in [0.4, 0.5) is 0 Å². The van der Waals surface area contributed by atoms with E-state index in [1.54, 1.807) is 27.2 Å². The second-order valence-corrected chi connectivity index (χ2v) is 9.90. The van der Waals surface area contributed by atoms with Crippen LogP contribution in [0.1, 0.15) is 45.4 Å². The van der Waals surface area contributed by atoms with Gasteiger partial charge in [-0.2, -0.15) is 0 Å². The van der Waals surface area contributed by atoms with E-state index in [9.17, 15) is 4.79 Å². The molecule has 0 unspecified atom stereocenters. The quantitative estimate of drug-likeness (QED) is 0.172. The molecule has 8 heteroatoms. The molecule has 0 fully saturated rings. The number of aryl methyl sites for hydroxylation is 1. The van der Waals surface area contributed by atoms with Gasteiger partial charge in [0, 0.05) is 45.3 Å². The van der Waals surface area contributed by atoms with Gasteiger partial charge in [-0.25, -0.2) is 0 Å². The van der Waals surface area contributed by atoms with E-state index in [1.807, 2.05) is 19.1 Å². The summed E-state index contributed by atoms with van der Waals surface area (Å²) in [5.41, 5.74) is 1.82. The summed E-state index contributed by atoms with van der Waals surface area (Å²) in [5, 5.41) is 0.306. The molecule has 1 heterocycles. The maximum atomic E-state index is 13.5. The van der Waals surface area contributed by atoms with Crippen LogP contribution in [0.5, 0.6) is 17.2 Å². The Bertz CT molecular complexity index is 1240. The second-order valence-electron chi connectivity index (χ2n) is 9.90. The molecule has 0 spiro atoms. The summed E-state index contributed by atoms with van der Waals surface area (Å²) in [4.78, 5) is 13.5. The fraction of sp³-hybridized carbons (Fsp3) is 0.531. The Kier molecular flexibility index (Phi) is 13.5. The molecule has 0 aliphatic carbocycles. The minimum Gasteiger partial charge on any atom is -0.496 e. The molecule has 1 aromatic heterocycles. The van der Waals surface area contributed by atoms with Crippen molar-refractivity contribution in [2.24, 2.45) is 11.8 Å². The van der Waals surface area contributed by atoms with Crippen LogP contribution >= 0.6 is 0 Å². The van der Waals surface area contributed by atoms with Crippen molar-refractivity contribution in [2.45, 2.75) is 59.7 Å². The van der Waals surface area contributed by atoms with Gasteiger partial charge < -0.3 is 32.8 Å². The number of benzene rings is 1. The highest BCUT2D eigenvalue weighted by molar-refractivity contribution is 5.91. The average molecular weight is 559 g/mol. The van der Waals surface area contributed by atoms with Crippen LogP contribution in [0.25, 0.3) is 11.0 Å². The lowest BCUT2D eigenvalue weighted by molar-refractivity contribution is -0.0343. The summed E-state index contributed by atoms with van der Waals surface area (Å²) in [6.07, 6.45) is 11.3. The van der Waals surface area contributed by atoms with Gasteiger partial charge in [0.05, 0.1) is 26.4 Å². The first-order chi connectivity index (χ1) is 19.2. The van der Waals surface area contributed by atoms with Gasteiger partial charge in [-0.15, -0.1) is 0 Å². The molecule has 0 radical (unpaired) electrons. The Morgan fingerprint density at radius 1 is 1.02 bits per heavy atom. The molecule has 4 atom stereocenters. The molecule has 0 aliphatic heterocycles. The zero-order chi connectivity index (χ0) is 29.8. The highest BCUT2D eigenvalue weighted by Crippen LogP contribution is 2.41. The van der Waals surface area contributed by atoms with E-state index in [2.05, 4.69) is 39.0 Å². The normalized spacial score (nSPS) is 15.5. The van der Waals surface area contributed by atoms with E-state index in [-0.39, 0.29) is 41.8 Å². The van der Waals surface area contributed by atoms with Crippen LogP contribution in [0, 0.1) is 18.8 Å². The molecule has 222 valence electrons. The summed E-state index contributed by atoms with van der Waals surface area (Å²) in [7, 11) is 7.97. The zero-order valence-electron chi connectivity index (χ0n) is 25.7. The van der Waals surface area contributed by atoms with Crippen molar-refractivity contribution in [2.75, 3.05) is 42.3 Å². The zero-order valence-corrected chi connectivity index (χ0v) is 25.7. The lowest BCUT2D eigenvalue weighted by Gasteiger charge is -2.32. The Hall–Kier alpha value is -3.07. The summed E-state index contributed by atoms with van der Waals surface area (Å²) >= 11 is 0. The van der Waals surface area contributed by atoms with Gasteiger partial charge in [-0.3, -0.25) is 4.79 Å². The first kappa shape index (κ1) is 33.1. The van der Waals surface area contributed by atoms with Gasteiger partial charge in [-0.1, -0.05) is 49.8 Å². The standard InChI is InChI=1S/C32H46O8/c1-11-20(2)14-12-13-15-24(35-7)23(5)30(38-10)21(3)16-17-25-22(4)29(33)28-26(36-8)18-27(37-9)31(32(28)40-25)39-19-34-6/h11-15,18,21,23-24,30H,16-17,19H2,1-10H3/b14-12+,15-13+,20-11+/t21-,23+,24-,30-/m0/s1. The summed E-state index contributed by atoms with van der Waals surface area (Å²) < 4.78 is 39.9. The van der Waals surface area contributed by atoms with Crippen molar-refractivity contribution in [3.63, 3.8) is 0 Å². The number of rotatable bonds is 16. The highest BCUT2D eigenvalue weighted by atomic mass is 16.7. The molecule has 1 aromatic carbocycles. The van der Waals surface area contributed by atoms with Crippen molar-refractivity contribution in [1.29, 1.82) is 0 Å².